The zero-order valence-electron chi connectivity index (χ0n) is 25.3. The van der Waals surface area contributed by atoms with E-state index in [0.29, 0.717) is 11.4 Å². The molecule has 7 heteroatoms. The van der Waals surface area contributed by atoms with E-state index in [-0.39, 0.29) is 17.7 Å². The molecular weight excluding hydrogens is 501 g/mol. The fourth-order valence-electron chi connectivity index (χ4n) is 5.50. The van der Waals surface area contributed by atoms with E-state index in [2.05, 4.69) is 68.5 Å². The van der Waals surface area contributed by atoms with Crippen molar-refractivity contribution in [2.75, 3.05) is 11.6 Å². The largest absolute Gasteiger partial charge is 0.369 e. The summed E-state index contributed by atoms with van der Waals surface area (Å²) in [4.78, 5) is 12.9. The van der Waals surface area contributed by atoms with Crippen LogP contribution >= 0.6 is 0 Å². The maximum absolute atomic E-state index is 13.8. The molecule has 1 atom stereocenters. The first-order chi connectivity index (χ1) is 19.3. The summed E-state index contributed by atoms with van der Waals surface area (Å²) in [7, 11) is 0. The van der Waals surface area contributed by atoms with Crippen LogP contribution in [0.15, 0.2) is 47.6 Å². The number of benzene rings is 2. The van der Waals surface area contributed by atoms with Gasteiger partial charge in [0.15, 0.2) is 5.84 Å². The number of hydrazone groups is 1. The molecule has 3 rings (SSSR count). The average molecular weight is 552 g/mol. The van der Waals surface area contributed by atoms with Crippen LogP contribution in [0.1, 0.15) is 133 Å². The summed E-state index contributed by atoms with van der Waals surface area (Å²) in [5, 5.41) is 8.77. The fraction of sp³-hybridized carbons (Fsp3) is 0.576. The number of carbonyl (C=O) groups is 1. The maximum atomic E-state index is 13.8. The Morgan fingerprint density at radius 1 is 0.850 bits per heavy atom. The van der Waals surface area contributed by atoms with E-state index in [1.54, 1.807) is 12.1 Å². The minimum absolute atomic E-state index is 0.257. The van der Waals surface area contributed by atoms with Gasteiger partial charge in [0.25, 0.3) is 0 Å². The molecule has 0 fully saturated rings. The second kappa shape index (κ2) is 15.8. The van der Waals surface area contributed by atoms with Crippen molar-refractivity contribution in [2.24, 2.45) is 10.8 Å². The summed E-state index contributed by atoms with van der Waals surface area (Å²) in [6, 6.07) is 12.4. The number of hydrazine groups is 2. The summed E-state index contributed by atoms with van der Waals surface area (Å²) >= 11 is 0. The number of nitrogens with two attached hydrogens (primary N) is 1. The molecule has 1 unspecified atom stereocenters. The van der Waals surface area contributed by atoms with Crippen molar-refractivity contribution in [2.45, 2.75) is 117 Å². The Balaban J connectivity index is 1.84. The molecule has 1 aliphatic rings. The summed E-state index contributed by atoms with van der Waals surface area (Å²) in [6.07, 6.45) is 12.6. The topological polar surface area (TPSA) is 74.0 Å². The second-order valence-electron chi connectivity index (χ2n) is 11.7. The lowest BCUT2D eigenvalue weighted by Crippen LogP contribution is -2.50. The fourth-order valence-corrected chi connectivity index (χ4v) is 5.50. The summed E-state index contributed by atoms with van der Waals surface area (Å²) < 4.78 is 13.8. The van der Waals surface area contributed by atoms with Crippen LogP contribution in [0.2, 0.25) is 0 Å². The van der Waals surface area contributed by atoms with Crippen molar-refractivity contribution in [1.29, 1.82) is 0 Å². The minimum Gasteiger partial charge on any atom is -0.369 e. The standard InChI is InChI=1S/C33H50FN5O/c1-6-7-8-9-10-11-12-13-14-15-23-38-37-36-33(30(32(35)40)26-19-21-27(34)22-20-26)39(38)31-28(24(2)3)17-16-18-29(31)25(4)5/h16-22,24-25,30,37H,6-15,23H2,1-5H3,(H2,35,40). The van der Waals surface area contributed by atoms with Gasteiger partial charge < -0.3 is 5.73 Å². The number of primary amides is 1. The third kappa shape index (κ3) is 8.29. The molecule has 0 aliphatic carbocycles. The number of amidine groups is 1. The highest BCUT2D eigenvalue weighted by atomic mass is 19.1. The van der Waals surface area contributed by atoms with Gasteiger partial charge in [0.2, 0.25) is 5.91 Å². The third-order valence-corrected chi connectivity index (χ3v) is 7.76. The molecule has 2 aromatic rings. The van der Waals surface area contributed by atoms with Crippen molar-refractivity contribution < 1.29 is 9.18 Å². The maximum Gasteiger partial charge on any atom is 0.232 e. The van der Waals surface area contributed by atoms with Crippen LogP contribution in [0.4, 0.5) is 10.1 Å². The Bertz CT molecular complexity index is 1070. The van der Waals surface area contributed by atoms with E-state index in [4.69, 9.17) is 5.73 Å². The van der Waals surface area contributed by atoms with E-state index in [0.717, 1.165) is 25.1 Å². The van der Waals surface area contributed by atoms with Gasteiger partial charge in [0, 0.05) is 6.54 Å². The van der Waals surface area contributed by atoms with E-state index < -0.39 is 11.8 Å². The molecule has 0 bridgehead atoms. The Kier molecular flexibility index (Phi) is 12.4. The summed E-state index contributed by atoms with van der Waals surface area (Å²) in [6.45, 7) is 11.7. The van der Waals surface area contributed by atoms with Gasteiger partial charge in [-0.15, -0.1) is 10.2 Å². The number of carbonyl (C=O) groups excluding carboxylic acids is 1. The molecule has 1 aliphatic heterocycles. The predicted molar refractivity (Wildman–Crippen MR) is 165 cm³/mol. The normalized spacial score (nSPS) is 14.6. The zero-order chi connectivity index (χ0) is 29.1. The molecule has 40 heavy (non-hydrogen) atoms. The lowest BCUT2D eigenvalue weighted by Gasteiger charge is -2.35. The SMILES string of the molecule is CCCCCCCCCCCCN1NN=C(C(C(N)=O)c2ccc(F)cc2)N1c1c(C(C)C)cccc1C(C)C. The molecule has 2 aromatic carbocycles. The molecule has 0 saturated carbocycles. The monoisotopic (exact) mass is 551 g/mol. The number of halogens is 1. The molecular formula is C33H50FN5O. The van der Waals surface area contributed by atoms with Crippen LogP contribution in [-0.4, -0.2) is 23.4 Å². The first-order valence-electron chi connectivity index (χ1n) is 15.3. The van der Waals surface area contributed by atoms with E-state index in [1.165, 1.54) is 74.6 Å². The van der Waals surface area contributed by atoms with Gasteiger partial charge in [-0.1, -0.05) is 123 Å². The van der Waals surface area contributed by atoms with Crippen LogP contribution in [0.25, 0.3) is 0 Å². The van der Waals surface area contributed by atoms with Crippen molar-refractivity contribution in [3.8, 4) is 0 Å². The van der Waals surface area contributed by atoms with Gasteiger partial charge in [-0.25, -0.2) is 14.9 Å². The molecule has 6 nitrogen and oxygen atoms in total. The van der Waals surface area contributed by atoms with Gasteiger partial charge in [-0.05, 0) is 47.1 Å². The zero-order valence-corrected chi connectivity index (χ0v) is 25.3. The molecule has 0 radical (unpaired) electrons. The number of para-hydroxylation sites is 1. The quantitative estimate of drug-likeness (QED) is 0.195. The predicted octanol–water partition coefficient (Wildman–Crippen LogP) is 8.12. The number of unbranched alkanes of at least 4 members (excludes halogenated alkanes) is 9. The lowest BCUT2D eigenvalue weighted by molar-refractivity contribution is -0.118. The molecule has 220 valence electrons. The van der Waals surface area contributed by atoms with Gasteiger partial charge in [0.1, 0.15) is 11.7 Å². The number of nitrogens with one attached hydrogen (secondary N) is 1. The molecule has 0 spiro atoms. The van der Waals surface area contributed by atoms with Crippen LogP contribution in [0, 0.1) is 5.82 Å². The van der Waals surface area contributed by atoms with E-state index in [1.807, 2.05) is 5.12 Å². The van der Waals surface area contributed by atoms with Gasteiger partial charge in [-0.3, -0.25) is 4.79 Å². The Morgan fingerprint density at radius 2 is 1.38 bits per heavy atom. The van der Waals surface area contributed by atoms with Crippen LogP contribution < -0.4 is 16.3 Å². The number of amides is 1. The van der Waals surface area contributed by atoms with Crippen LogP contribution in [-0.2, 0) is 4.79 Å². The number of nitrogens with zero attached hydrogens (tertiary/aromatic N) is 3. The molecule has 1 amide bonds. The third-order valence-electron chi connectivity index (χ3n) is 7.76. The Labute approximate surface area is 241 Å². The second-order valence-corrected chi connectivity index (χ2v) is 11.7. The van der Waals surface area contributed by atoms with Gasteiger partial charge >= 0.3 is 0 Å². The van der Waals surface area contributed by atoms with Crippen LogP contribution in [0.3, 0.4) is 0 Å². The van der Waals surface area contributed by atoms with Crippen LogP contribution in [0.5, 0.6) is 0 Å². The van der Waals surface area contributed by atoms with Crippen molar-refractivity contribution >= 4 is 17.4 Å². The number of rotatable bonds is 17. The molecule has 3 N–H and O–H groups in total. The number of hydrogen-bond acceptors (Lipinski definition) is 5. The average Bonchev–Trinajstić information content (AvgIpc) is 3.32. The Morgan fingerprint density at radius 3 is 1.88 bits per heavy atom. The van der Waals surface area contributed by atoms with E-state index in [9.17, 15) is 9.18 Å². The Hall–Kier alpha value is -2.93. The van der Waals surface area contributed by atoms with Gasteiger partial charge in [-0.2, -0.15) is 0 Å². The highest BCUT2D eigenvalue weighted by Crippen LogP contribution is 2.39. The van der Waals surface area contributed by atoms with Crippen molar-refractivity contribution in [3.05, 3.63) is 65.0 Å². The van der Waals surface area contributed by atoms with Crippen molar-refractivity contribution in [3.63, 3.8) is 0 Å². The summed E-state index contributed by atoms with van der Waals surface area (Å²) in [5.74, 6) is -0.677. The smallest absolute Gasteiger partial charge is 0.232 e. The number of hydrogen-bond donors (Lipinski definition) is 2. The first kappa shape index (κ1) is 31.6. The van der Waals surface area contributed by atoms with E-state index >= 15 is 0 Å². The molecule has 0 saturated heterocycles. The summed E-state index contributed by atoms with van der Waals surface area (Å²) in [5.41, 5.74) is 13.2. The van der Waals surface area contributed by atoms with Gasteiger partial charge in [0.05, 0.1) is 5.69 Å². The number of anilines is 1. The lowest BCUT2D eigenvalue weighted by atomic mass is 9.91. The highest BCUT2D eigenvalue weighted by molar-refractivity contribution is 6.15. The minimum atomic E-state index is -0.828. The first-order valence-corrected chi connectivity index (χ1v) is 15.3. The molecule has 0 aromatic heterocycles. The van der Waals surface area contributed by atoms with Crippen molar-refractivity contribution in [1.82, 2.24) is 10.7 Å². The highest BCUT2D eigenvalue weighted by Gasteiger charge is 2.39. The molecule has 1 heterocycles.